The molecule has 1 saturated heterocycles. The van der Waals surface area contributed by atoms with E-state index in [1.54, 1.807) is 12.0 Å². The van der Waals surface area contributed by atoms with E-state index in [0.29, 0.717) is 41.4 Å². The van der Waals surface area contributed by atoms with E-state index in [1.165, 1.54) is 42.3 Å². The molecule has 0 aliphatic carbocycles. The van der Waals surface area contributed by atoms with Crippen molar-refractivity contribution in [2.24, 2.45) is 0 Å². The number of carbonyl (C=O) groups excluding carboxylic acids is 3. The maximum Gasteiger partial charge on any atom is 0.295 e. The molecule has 33 heavy (non-hydrogen) atoms. The van der Waals surface area contributed by atoms with Gasteiger partial charge in [0, 0.05) is 45.9 Å². The summed E-state index contributed by atoms with van der Waals surface area (Å²) in [5.74, 6) is -0.133. The van der Waals surface area contributed by atoms with Crippen LogP contribution in [0.2, 0.25) is 0 Å². The lowest BCUT2D eigenvalue weighted by Crippen LogP contribution is -2.56. The van der Waals surface area contributed by atoms with Crippen molar-refractivity contribution in [3.05, 3.63) is 30.1 Å². The summed E-state index contributed by atoms with van der Waals surface area (Å²) >= 11 is 0. The number of hydrogen-bond donors (Lipinski definition) is 1. The number of pyridine rings is 1. The van der Waals surface area contributed by atoms with Gasteiger partial charge in [0.05, 0.1) is 29.8 Å². The van der Waals surface area contributed by atoms with Gasteiger partial charge in [-0.2, -0.15) is 0 Å². The average molecular weight is 455 g/mol. The standard InChI is InChI=1S/C21H25N7O5/c1-12-9-26(5-6-27(12)13(2)29)21(31)19(30)14-7-22-18-17(14)15(33-4)8-23-20(18)28-11-24-16(25-28)10-32-3/h7-8,11-12,22H,5-6,9-10H2,1-4H3/t12-/m1/s1. The van der Waals surface area contributed by atoms with Gasteiger partial charge in [-0.3, -0.25) is 14.4 Å². The first-order valence-corrected chi connectivity index (χ1v) is 10.4. The van der Waals surface area contributed by atoms with E-state index >= 15 is 0 Å². The van der Waals surface area contributed by atoms with Gasteiger partial charge in [-0.1, -0.05) is 0 Å². The van der Waals surface area contributed by atoms with Crippen LogP contribution in [0.3, 0.4) is 0 Å². The van der Waals surface area contributed by atoms with Crippen molar-refractivity contribution < 1.29 is 23.9 Å². The highest BCUT2D eigenvalue weighted by Gasteiger charge is 2.33. The van der Waals surface area contributed by atoms with E-state index < -0.39 is 11.7 Å². The van der Waals surface area contributed by atoms with Crippen LogP contribution in [0.4, 0.5) is 0 Å². The topological polar surface area (TPSA) is 136 Å². The lowest BCUT2D eigenvalue weighted by molar-refractivity contribution is -0.138. The lowest BCUT2D eigenvalue weighted by Gasteiger charge is -2.39. The Morgan fingerprint density at radius 3 is 2.67 bits per heavy atom. The molecule has 0 spiro atoms. The van der Waals surface area contributed by atoms with Gasteiger partial charge in [-0.05, 0) is 6.92 Å². The summed E-state index contributed by atoms with van der Waals surface area (Å²) in [6.45, 7) is 4.56. The summed E-state index contributed by atoms with van der Waals surface area (Å²) in [6.07, 6.45) is 4.44. The van der Waals surface area contributed by atoms with Gasteiger partial charge in [-0.15, -0.1) is 5.10 Å². The van der Waals surface area contributed by atoms with Crippen LogP contribution >= 0.6 is 0 Å². The Morgan fingerprint density at radius 1 is 1.21 bits per heavy atom. The van der Waals surface area contributed by atoms with Crippen molar-refractivity contribution in [3.8, 4) is 11.6 Å². The minimum absolute atomic E-state index is 0.0518. The number of H-pyrrole nitrogens is 1. The van der Waals surface area contributed by atoms with Gasteiger partial charge in [0.15, 0.2) is 11.6 Å². The third kappa shape index (κ3) is 4.04. The minimum Gasteiger partial charge on any atom is -0.494 e. The first-order valence-electron chi connectivity index (χ1n) is 10.4. The number of aromatic amines is 1. The maximum absolute atomic E-state index is 13.2. The lowest BCUT2D eigenvalue weighted by atomic mass is 10.1. The third-order valence-corrected chi connectivity index (χ3v) is 5.66. The molecular weight excluding hydrogens is 430 g/mol. The third-order valence-electron chi connectivity index (χ3n) is 5.66. The van der Waals surface area contributed by atoms with Crippen LogP contribution in [0.15, 0.2) is 18.7 Å². The zero-order valence-corrected chi connectivity index (χ0v) is 18.9. The molecule has 12 heteroatoms. The number of ketones is 1. The number of rotatable bonds is 6. The highest BCUT2D eigenvalue weighted by molar-refractivity contribution is 6.45. The normalized spacial score (nSPS) is 16.3. The molecule has 2 amide bonds. The fraction of sp³-hybridized carbons (Fsp3) is 0.429. The van der Waals surface area contributed by atoms with Crippen molar-refractivity contribution in [3.63, 3.8) is 0 Å². The van der Waals surface area contributed by atoms with Crippen molar-refractivity contribution in [2.75, 3.05) is 33.9 Å². The van der Waals surface area contributed by atoms with Gasteiger partial charge in [0.2, 0.25) is 5.91 Å². The molecule has 4 rings (SSSR count). The highest BCUT2D eigenvalue weighted by Crippen LogP contribution is 2.32. The molecule has 3 aromatic heterocycles. The molecule has 3 aromatic rings. The molecule has 0 unspecified atom stereocenters. The molecule has 0 saturated carbocycles. The molecule has 1 atom stereocenters. The van der Waals surface area contributed by atoms with Crippen LogP contribution < -0.4 is 4.74 Å². The number of aromatic nitrogens is 5. The molecule has 174 valence electrons. The second kappa shape index (κ2) is 8.98. The smallest absolute Gasteiger partial charge is 0.295 e. The van der Waals surface area contributed by atoms with Crippen molar-refractivity contribution >= 4 is 28.5 Å². The average Bonchev–Trinajstić information content (AvgIpc) is 3.45. The van der Waals surface area contributed by atoms with Crippen LogP contribution in [0.1, 0.15) is 30.0 Å². The Morgan fingerprint density at radius 2 is 2.00 bits per heavy atom. The number of nitrogens with one attached hydrogen (secondary N) is 1. The van der Waals surface area contributed by atoms with Gasteiger partial charge >= 0.3 is 0 Å². The zero-order chi connectivity index (χ0) is 23.7. The van der Waals surface area contributed by atoms with E-state index in [2.05, 4.69) is 20.1 Å². The first kappa shape index (κ1) is 22.4. The Balaban J connectivity index is 1.67. The van der Waals surface area contributed by atoms with Crippen molar-refractivity contribution in [1.82, 2.24) is 34.5 Å². The molecule has 0 radical (unpaired) electrons. The SMILES string of the molecule is COCc1ncn(-c2ncc(OC)c3c(C(=O)C(=O)N4CCN(C(C)=O)[C@H](C)C4)c[nH]c23)n1. The van der Waals surface area contributed by atoms with E-state index in [0.717, 1.165) is 0 Å². The van der Waals surface area contributed by atoms with Crippen LogP contribution in [-0.4, -0.2) is 92.0 Å². The molecule has 0 aromatic carbocycles. The van der Waals surface area contributed by atoms with Crippen LogP contribution in [0, 0.1) is 0 Å². The second-order valence-corrected chi connectivity index (χ2v) is 7.78. The fourth-order valence-electron chi connectivity index (χ4n) is 4.08. The fourth-order valence-corrected chi connectivity index (χ4v) is 4.08. The largest absolute Gasteiger partial charge is 0.494 e. The van der Waals surface area contributed by atoms with E-state index in [4.69, 9.17) is 9.47 Å². The number of amides is 2. The zero-order valence-electron chi connectivity index (χ0n) is 18.9. The summed E-state index contributed by atoms with van der Waals surface area (Å²) < 4.78 is 11.9. The molecule has 4 heterocycles. The number of piperazine rings is 1. The summed E-state index contributed by atoms with van der Waals surface area (Å²) in [4.78, 5) is 52.8. The molecule has 1 N–H and O–H groups in total. The van der Waals surface area contributed by atoms with Crippen LogP contribution in [0.25, 0.3) is 16.7 Å². The number of Topliss-reactive ketones (excluding diaryl/α,β-unsaturated/α-hetero) is 1. The van der Waals surface area contributed by atoms with Gasteiger partial charge in [0.1, 0.15) is 18.7 Å². The second-order valence-electron chi connectivity index (χ2n) is 7.78. The van der Waals surface area contributed by atoms with Crippen LogP contribution in [0.5, 0.6) is 5.75 Å². The number of hydrogen-bond acceptors (Lipinski definition) is 8. The minimum atomic E-state index is -0.668. The number of carbonyl (C=O) groups is 3. The molecule has 1 aliphatic rings. The number of methoxy groups -OCH3 is 2. The molecule has 0 bridgehead atoms. The summed E-state index contributed by atoms with van der Waals surface area (Å²) in [5.41, 5.74) is 0.656. The maximum atomic E-state index is 13.2. The Labute approximate surface area is 189 Å². The van der Waals surface area contributed by atoms with Gasteiger partial charge in [-0.25, -0.2) is 14.6 Å². The Bertz CT molecular complexity index is 1220. The summed E-state index contributed by atoms with van der Waals surface area (Å²) in [6, 6.07) is -0.171. The molecule has 1 fully saturated rings. The van der Waals surface area contributed by atoms with E-state index in [-0.39, 0.29) is 30.7 Å². The molecule has 12 nitrogen and oxygen atoms in total. The van der Waals surface area contributed by atoms with E-state index in [9.17, 15) is 14.4 Å². The number of ether oxygens (including phenoxy) is 2. The van der Waals surface area contributed by atoms with Crippen molar-refractivity contribution in [2.45, 2.75) is 26.5 Å². The first-order chi connectivity index (χ1) is 15.8. The predicted molar refractivity (Wildman–Crippen MR) is 116 cm³/mol. The van der Waals surface area contributed by atoms with Crippen molar-refractivity contribution in [1.29, 1.82) is 0 Å². The number of fused-ring (bicyclic) bond motifs is 1. The highest BCUT2D eigenvalue weighted by atomic mass is 16.5. The quantitative estimate of drug-likeness (QED) is 0.421. The Hall–Kier alpha value is -3.80. The Kier molecular flexibility index (Phi) is 6.09. The monoisotopic (exact) mass is 455 g/mol. The molecular formula is C21H25N7O5. The summed E-state index contributed by atoms with van der Waals surface area (Å²) in [7, 11) is 3.01. The predicted octanol–water partition coefficient (Wildman–Crippen LogP) is 0.561. The van der Waals surface area contributed by atoms with E-state index in [1.807, 2.05) is 6.92 Å². The van der Waals surface area contributed by atoms with Gasteiger partial charge < -0.3 is 24.3 Å². The molecule has 1 aliphatic heterocycles. The summed E-state index contributed by atoms with van der Waals surface area (Å²) in [5, 5.41) is 4.76. The van der Waals surface area contributed by atoms with Gasteiger partial charge in [0.25, 0.3) is 11.7 Å². The van der Waals surface area contributed by atoms with Crippen LogP contribution in [-0.2, 0) is 20.9 Å². The number of nitrogens with zero attached hydrogens (tertiary/aromatic N) is 6.